The molecule has 0 saturated heterocycles. The molecule has 0 amide bonds. The van der Waals surface area contributed by atoms with Crippen LogP contribution >= 0.6 is 0 Å². The van der Waals surface area contributed by atoms with Crippen LogP contribution in [0.15, 0.2) is 30.3 Å². The van der Waals surface area contributed by atoms with Crippen LogP contribution in [-0.2, 0) is 5.54 Å². The quantitative estimate of drug-likeness (QED) is 0.728. The first-order chi connectivity index (χ1) is 9.54. The van der Waals surface area contributed by atoms with Crippen molar-refractivity contribution in [3.05, 3.63) is 35.9 Å². The fraction of sp³-hybridized carbons (Fsp3) is 0.647. The minimum absolute atomic E-state index is 0.108. The van der Waals surface area contributed by atoms with Crippen LogP contribution in [0.5, 0.6) is 0 Å². The number of rotatable bonds is 9. The van der Waals surface area contributed by atoms with Crippen LogP contribution < -0.4 is 5.32 Å². The summed E-state index contributed by atoms with van der Waals surface area (Å²) in [6, 6.07) is 10.3. The Hall–Kier alpha value is -0.900. The number of benzene rings is 1. The fourth-order valence-corrected chi connectivity index (χ4v) is 2.56. The van der Waals surface area contributed by atoms with Crippen LogP contribution in [0.3, 0.4) is 0 Å². The maximum absolute atomic E-state index is 10.00. The molecule has 0 saturated carbocycles. The lowest BCUT2D eigenvalue weighted by molar-refractivity contribution is 0.117. The number of aliphatic hydroxyl groups is 1. The largest absolute Gasteiger partial charge is 0.394 e. The van der Waals surface area contributed by atoms with Gasteiger partial charge in [-0.05, 0) is 38.0 Å². The first-order valence-electron chi connectivity index (χ1n) is 7.64. The highest BCUT2D eigenvalue weighted by molar-refractivity contribution is 5.25. The standard InChI is InChI=1S/C17H30N2O/c1-5-18-17(14-20,16-9-7-6-8-10-16)13-19(4)12-11-15(2)3/h6-10,15,18,20H,5,11-14H2,1-4H3. The predicted molar refractivity (Wildman–Crippen MR) is 85.8 cm³/mol. The molecular weight excluding hydrogens is 248 g/mol. The Labute approximate surface area is 124 Å². The molecule has 0 aliphatic heterocycles. The van der Waals surface area contributed by atoms with Crippen molar-refractivity contribution in [2.24, 2.45) is 5.92 Å². The summed E-state index contributed by atoms with van der Waals surface area (Å²) in [7, 11) is 2.13. The second kappa shape index (κ2) is 8.40. The number of hydrogen-bond donors (Lipinski definition) is 2. The second-order valence-corrected chi connectivity index (χ2v) is 6.06. The van der Waals surface area contributed by atoms with E-state index in [0.717, 1.165) is 25.2 Å². The normalized spacial score (nSPS) is 14.8. The summed E-state index contributed by atoms with van der Waals surface area (Å²) in [5, 5.41) is 13.5. The van der Waals surface area contributed by atoms with Gasteiger partial charge in [0.1, 0.15) is 0 Å². The molecule has 3 nitrogen and oxygen atoms in total. The number of likely N-dealkylation sites (N-methyl/N-ethyl adjacent to an activating group) is 2. The molecule has 20 heavy (non-hydrogen) atoms. The van der Waals surface area contributed by atoms with Gasteiger partial charge in [0.25, 0.3) is 0 Å². The van der Waals surface area contributed by atoms with Gasteiger partial charge in [-0.25, -0.2) is 0 Å². The van der Waals surface area contributed by atoms with E-state index in [1.807, 2.05) is 18.2 Å². The van der Waals surface area contributed by atoms with E-state index in [0.29, 0.717) is 5.92 Å². The van der Waals surface area contributed by atoms with E-state index in [1.54, 1.807) is 0 Å². The van der Waals surface area contributed by atoms with Crippen LogP contribution in [0.4, 0.5) is 0 Å². The number of aliphatic hydroxyl groups excluding tert-OH is 1. The summed E-state index contributed by atoms with van der Waals surface area (Å²) >= 11 is 0. The molecule has 1 rings (SSSR count). The van der Waals surface area contributed by atoms with Gasteiger partial charge in [0.15, 0.2) is 0 Å². The Morgan fingerprint density at radius 2 is 1.90 bits per heavy atom. The highest BCUT2D eigenvalue weighted by atomic mass is 16.3. The van der Waals surface area contributed by atoms with Crippen molar-refractivity contribution in [3.63, 3.8) is 0 Å². The lowest BCUT2D eigenvalue weighted by Crippen LogP contribution is -2.53. The maximum atomic E-state index is 10.00. The molecule has 0 aromatic heterocycles. The minimum atomic E-state index is -0.373. The van der Waals surface area contributed by atoms with E-state index in [-0.39, 0.29) is 12.1 Å². The molecular formula is C17H30N2O. The van der Waals surface area contributed by atoms with E-state index < -0.39 is 0 Å². The van der Waals surface area contributed by atoms with E-state index in [1.165, 1.54) is 6.42 Å². The molecule has 0 aliphatic rings. The van der Waals surface area contributed by atoms with Crippen molar-refractivity contribution in [1.82, 2.24) is 10.2 Å². The maximum Gasteiger partial charge on any atom is 0.0797 e. The molecule has 1 aromatic carbocycles. The van der Waals surface area contributed by atoms with Crippen LogP contribution in [0.2, 0.25) is 0 Å². The van der Waals surface area contributed by atoms with E-state index in [4.69, 9.17) is 0 Å². The molecule has 114 valence electrons. The van der Waals surface area contributed by atoms with Gasteiger partial charge in [-0.2, -0.15) is 0 Å². The molecule has 0 heterocycles. The zero-order valence-corrected chi connectivity index (χ0v) is 13.4. The zero-order valence-electron chi connectivity index (χ0n) is 13.4. The van der Waals surface area contributed by atoms with Crippen molar-refractivity contribution in [1.29, 1.82) is 0 Å². The molecule has 0 radical (unpaired) electrons. The molecule has 1 aromatic rings. The topological polar surface area (TPSA) is 35.5 Å². The smallest absolute Gasteiger partial charge is 0.0797 e. The molecule has 0 fully saturated rings. The molecule has 0 bridgehead atoms. The third kappa shape index (κ3) is 4.89. The fourth-order valence-electron chi connectivity index (χ4n) is 2.56. The van der Waals surface area contributed by atoms with E-state index in [9.17, 15) is 5.11 Å². The van der Waals surface area contributed by atoms with E-state index in [2.05, 4.69) is 50.2 Å². The first-order valence-corrected chi connectivity index (χ1v) is 7.64. The lowest BCUT2D eigenvalue weighted by atomic mass is 9.89. The Morgan fingerprint density at radius 3 is 2.40 bits per heavy atom. The number of nitrogens with one attached hydrogen (secondary N) is 1. The van der Waals surface area contributed by atoms with Gasteiger partial charge >= 0.3 is 0 Å². The van der Waals surface area contributed by atoms with Crippen molar-refractivity contribution in [2.75, 3.05) is 33.3 Å². The van der Waals surface area contributed by atoms with Crippen molar-refractivity contribution >= 4 is 0 Å². The molecule has 0 spiro atoms. The Balaban J connectivity index is 2.83. The van der Waals surface area contributed by atoms with Crippen LogP contribution in [0, 0.1) is 5.92 Å². The highest BCUT2D eigenvalue weighted by Gasteiger charge is 2.31. The summed E-state index contributed by atoms with van der Waals surface area (Å²) in [6.45, 7) is 9.39. The summed E-state index contributed by atoms with van der Waals surface area (Å²) in [5.41, 5.74) is 0.780. The van der Waals surface area contributed by atoms with Gasteiger partial charge in [0, 0.05) is 6.54 Å². The Bertz CT molecular complexity index is 367. The van der Waals surface area contributed by atoms with Gasteiger partial charge in [0.2, 0.25) is 0 Å². The average molecular weight is 278 g/mol. The van der Waals surface area contributed by atoms with E-state index >= 15 is 0 Å². The SMILES string of the molecule is CCNC(CO)(CN(C)CCC(C)C)c1ccccc1. The third-order valence-electron chi connectivity index (χ3n) is 3.74. The Kier molecular flexibility index (Phi) is 7.20. The van der Waals surface area contributed by atoms with Gasteiger partial charge < -0.3 is 15.3 Å². The molecule has 2 N–H and O–H groups in total. The van der Waals surface area contributed by atoms with Gasteiger partial charge in [-0.1, -0.05) is 51.1 Å². The summed E-state index contributed by atoms with van der Waals surface area (Å²) in [6.07, 6.45) is 1.18. The molecule has 1 unspecified atom stereocenters. The summed E-state index contributed by atoms with van der Waals surface area (Å²) in [5.74, 6) is 0.705. The van der Waals surface area contributed by atoms with Crippen molar-refractivity contribution in [3.8, 4) is 0 Å². The molecule has 1 atom stereocenters. The number of nitrogens with zero attached hydrogens (tertiary/aromatic N) is 1. The average Bonchev–Trinajstić information content (AvgIpc) is 2.45. The van der Waals surface area contributed by atoms with Gasteiger partial charge in [0.05, 0.1) is 12.1 Å². The van der Waals surface area contributed by atoms with Gasteiger partial charge in [-0.3, -0.25) is 0 Å². The van der Waals surface area contributed by atoms with Crippen LogP contribution in [0.1, 0.15) is 32.8 Å². The highest BCUT2D eigenvalue weighted by Crippen LogP contribution is 2.22. The minimum Gasteiger partial charge on any atom is -0.394 e. The predicted octanol–water partition coefficient (Wildman–Crippen LogP) is 2.46. The first kappa shape index (κ1) is 17.2. The zero-order chi connectivity index (χ0) is 15.0. The second-order valence-electron chi connectivity index (χ2n) is 6.06. The van der Waals surface area contributed by atoms with Crippen molar-refractivity contribution < 1.29 is 5.11 Å². The number of hydrogen-bond acceptors (Lipinski definition) is 3. The Morgan fingerprint density at radius 1 is 1.25 bits per heavy atom. The van der Waals surface area contributed by atoms with Crippen molar-refractivity contribution in [2.45, 2.75) is 32.7 Å². The monoisotopic (exact) mass is 278 g/mol. The van der Waals surface area contributed by atoms with Gasteiger partial charge in [-0.15, -0.1) is 0 Å². The summed E-state index contributed by atoms with van der Waals surface area (Å²) in [4.78, 5) is 2.31. The molecule has 0 aliphatic carbocycles. The molecule has 3 heteroatoms. The van der Waals surface area contributed by atoms with Crippen LogP contribution in [0.25, 0.3) is 0 Å². The summed E-state index contributed by atoms with van der Waals surface area (Å²) < 4.78 is 0. The lowest BCUT2D eigenvalue weighted by Gasteiger charge is -2.37. The third-order valence-corrected chi connectivity index (χ3v) is 3.74. The van der Waals surface area contributed by atoms with Crippen LogP contribution in [-0.4, -0.2) is 43.3 Å².